The van der Waals surface area contributed by atoms with Crippen molar-refractivity contribution in [3.63, 3.8) is 0 Å². The number of carbonyl (C=O) groups is 1. The summed E-state index contributed by atoms with van der Waals surface area (Å²) in [6.07, 6.45) is 0.614. The van der Waals surface area contributed by atoms with Crippen molar-refractivity contribution in [3.05, 3.63) is 10.0 Å². The zero-order chi connectivity index (χ0) is 9.26. The van der Waals surface area contributed by atoms with Crippen molar-refractivity contribution in [2.75, 3.05) is 13.1 Å². The highest BCUT2D eigenvalue weighted by Crippen LogP contribution is 2.22. The molecule has 1 aliphatic rings. The lowest BCUT2D eigenvalue weighted by Gasteiger charge is -2.18. The van der Waals surface area contributed by atoms with E-state index in [2.05, 4.69) is 15.5 Å². The van der Waals surface area contributed by atoms with Crippen LogP contribution in [0.3, 0.4) is 0 Å². The first kappa shape index (κ1) is 8.77. The number of carbonyl (C=O) groups excluding carboxylic acids is 1. The van der Waals surface area contributed by atoms with Crippen LogP contribution >= 0.6 is 11.3 Å². The summed E-state index contributed by atoms with van der Waals surface area (Å²) in [6, 6.07) is 0. The van der Waals surface area contributed by atoms with E-state index in [0.29, 0.717) is 13.0 Å². The van der Waals surface area contributed by atoms with Crippen molar-refractivity contribution in [1.82, 2.24) is 15.5 Å². The molecule has 5 heteroatoms. The first-order chi connectivity index (χ1) is 6.27. The fraction of sp³-hybridized carbons (Fsp3) is 0.625. The molecule has 0 radical (unpaired) electrons. The van der Waals surface area contributed by atoms with Crippen molar-refractivity contribution >= 4 is 17.1 Å². The van der Waals surface area contributed by atoms with E-state index in [1.54, 1.807) is 0 Å². The normalized spacial score (nSPS) is 23.5. The molecule has 13 heavy (non-hydrogen) atoms. The topological polar surface area (TPSA) is 54.9 Å². The number of aryl methyl sites for hydroxylation is 1. The summed E-state index contributed by atoms with van der Waals surface area (Å²) in [4.78, 5) is 11.5. The molecule has 1 aromatic rings. The third kappa shape index (κ3) is 1.76. The Morgan fingerprint density at radius 1 is 1.54 bits per heavy atom. The number of nitrogens with zero attached hydrogens (tertiary/aromatic N) is 2. The van der Waals surface area contributed by atoms with Gasteiger partial charge in [0.25, 0.3) is 0 Å². The first-order valence-corrected chi connectivity index (χ1v) is 5.12. The number of ketones is 1. The lowest BCUT2D eigenvalue weighted by molar-refractivity contribution is -0.121. The van der Waals surface area contributed by atoms with Crippen LogP contribution in [-0.4, -0.2) is 29.1 Å². The van der Waals surface area contributed by atoms with Gasteiger partial charge in [-0.25, -0.2) is 0 Å². The van der Waals surface area contributed by atoms with Gasteiger partial charge < -0.3 is 5.32 Å². The number of Topliss-reactive ketones (excluding diaryl/α,β-unsaturated/α-hetero) is 1. The van der Waals surface area contributed by atoms with Crippen LogP contribution in [0, 0.1) is 6.92 Å². The molecule has 1 N–H and O–H groups in total. The van der Waals surface area contributed by atoms with Gasteiger partial charge >= 0.3 is 0 Å². The summed E-state index contributed by atoms with van der Waals surface area (Å²) in [6.45, 7) is 3.42. The van der Waals surface area contributed by atoms with E-state index < -0.39 is 0 Å². The van der Waals surface area contributed by atoms with E-state index in [0.717, 1.165) is 16.6 Å². The molecule has 0 spiro atoms. The Bertz CT molecular complexity index is 323. The van der Waals surface area contributed by atoms with Crippen LogP contribution in [0.4, 0.5) is 0 Å². The summed E-state index contributed by atoms with van der Waals surface area (Å²) in [5.74, 6) is 0.231. The number of nitrogens with one attached hydrogen (secondary N) is 1. The predicted molar refractivity (Wildman–Crippen MR) is 49.9 cm³/mol. The maximum atomic E-state index is 11.5. The fourth-order valence-electron chi connectivity index (χ4n) is 1.42. The van der Waals surface area contributed by atoms with Gasteiger partial charge in [0.15, 0.2) is 0 Å². The third-order valence-corrected chi connectivity index (χ3v) is 3.08. The highest BCUT2D eigenvalue weighted by Gasteiger charge is 2.26. The second-order valence-electron chi connectivity index (χ2n) is 3.13. The fourth-order valence-corrected chi connectivity index (χ4v) is 2.25. The summed E-state index contributed by atoms with van der Waals surface area (Å²) in [5.41, 5.74) is 0. The van der Waals surface area contributed by atoms with Crippen LogP contribution in [0.5, 0.6) is 0 Å². The Kier molecular flexibility index (Phi) is 2.37. The van der Waals surface area contributed by atoms with Gasteiger partial charge in [0.05, 0.1) is 5.92 Å². The smallest absolute Gasteiger partial charge is 0.145 e. The average molecular weight is 197 g/mol. The van der Waals surface area contributed by atoms with Gasteiger partial charge in [0.2, 0.25) is 0 Å². The molecule has 0 aliphatic carbocycles. The van der Waals surface area contributed by atoms with E-state index in [1.165, 1.54) is 11.3 Å². The second-order valence-corrected chi connectivity index (χ2v) is 4.35. The molecule has 2 heterocycles. The molecule has 1 aliphatic heterocycles. The Morgan fingerprint density at radius 3 is 3.00 bits per heavy atom. The number of aromatic nitrogens is 2. The molecular weight excluding hydrogens is 186 g/mol. The van der Waals surface area contributed by atoms with E-state index in [1.807, 2.05) is 6.92 Å². The number of hydrogen-bond acceptors (Lipinski definition) is 5. The first-order valence-electron chi connectivity index (χ1n) is 4.31. The Hall–Kier alpha value is -0.810. The molecule has 0 aromatic carbocycles. The quantitative estimate of drug-likeness (QED) is 0.712. The standard InChI is InChI=1S/C8H11N3OS/c1-5-10-11-8(13-5)6-4-9-3-2-7(6)12/h6,9H,2-4H2,1H3. The number of rotatable bonds is 1. The molecular formula is C8H11N3OS. The summed E-state index contributed by atoms with van der Waals surface area (Å²) < 4.78 is 0. The van der Waals surface area contributed by atoms with Crippen molar-refractivity contribution < 1.29 is 4.79 Å². The largest absolute Gasteiger partial charge is 0.315 e. The van der Waals surface area contributed by atoms with Gasteiger partial charge in [-0.1, -0.05) is 0 Å². The van der Waals surface area contributed by atoms with Gasteiger partial charge in [-0.05, 0) is 6.92 Å². The molecule has 0 bridgehead atoms. The minimum atomic E-state index is -0.0556. The highest BCUT2D eigenvalue weighted by molar-refractivity contribution is 7.11. The van der Waals surface area contributed by atoms with Crippen molar-refractivity contribution in [2.24, 2.45) is 0 Å². The lowest BCUT2D eigenvalue weighted by atomic mass is 9.99. The van der Waals surface area contributed by atoms with Crippen LogP contribution in [-0.2, 0) is 4.79 Å². The van der Waals surface area contributed by atoms with E-state index in [9.17, 15) is 4.79 Å². The van der Waals surface area contributed by atoms with Crippen molar-refractivity contribution in [2.45, 2.75) is 19.3 Å². The van der Waals surface area contributed by atoms with Gasteiger partial charge in [0.1, 0.15) is 15.8 Å². The zero-order valence-electron chi connectivity index (χ0n) is 7.41. The summed E-state index contributed by atoms with van der Waals surface area (Å²) >= 11 is 1.51. The minimum absolute atomic E-state index is 0.0556. The minimum Gasteiger partial charge on any atom is -0.315 e. The highest BCUT2D eigenvalue weighted by atomic mass is 32.1. The predicted octanol–water partition coefficient (Wildman–Crippen LogP) is 0.493. The lowest BCUT2D eigenvalue weighted by Crippen LogP contribution is -2.35. The van der Waals surface area contributed by atoms with Crippen molar-refractivity contribution in [3.8, 4) is 0 Å². The van der Waals surface area contributed by atoms with Crippen LogP contribution in [0.25, 0.3) is 0 Å². The van der Waals surface area contributed by atoms with Gasteiger partial charge in [-0.15, -0.1) is 21.5 Å². The summed E-state index contributed by atoms with van der Waals surface area (Å²) in [7, 11) is 0. The third-order valence-electron chi connectivity index (χ3n) is 2.13. The molecule has 4 nitrogen and oxygen atoms in total. The molecule has 2 rings (SSSR count). The van der Waals surface area contributed by atoms with Crippen LogP contribution in [0.15, 0.2) is 0 Å². The SMILES string of the molecule is Cc1nnc(C2CNCCC2=O)s1. The Labute approximate surface area is 80.4 Å². The van der Waals surface area contributed by atoms with E-state index in [4.69, 9.17) is 0 Å². The van der Waals surface area contributed by atoms with Crippen molar-refractivity contribution in [1.29, 1.82) is 0 Å². The average Bonchev–Trinajstić information content (AvgIpc) is 2.53. The number of piperidine rings is 1. The van der Waals surface area contributed by atoms with E-state index >= 15 is 0 Å². The molecule has 0 saturated carbocycles. The van der Waals surface area contributed by atoms with E-state index in [-0.39, 0.29) is 11.7 Å². The Balaban J connectivity index is 2.19. The summed E-state index contributed by atoms with van der Waals surface area (Å²) in [5, 5.41) is 12.9. The maximum absolute atomic E-state index is 11.5. The molecule has 1 fully saturated rings. The monoisotopic (exact) mass is 197 g/mol. The maximum Gasteiger partial charge on any atom is 0.145 e. The molecule has 1 aromatic heterocycles. The molecule has 1 unspecified atom stereocenters. The molecule has 70 valence electrons. The van der Waals surface area contributed by atoms with Crippen LogP contribution in [0.2, 0.25) is 0 Å². The van der Waals surface area contributed by atoms with Crippen LogP contribution in [0.1, 0.15) is 22.4 Å². The van der Waals surface area contributed by atoms with Crippen LogP contribution < -0.4 is 5.32 Å². The molecule has 1 atom stereocenters. The van der Waals surface area contributed by atoms with Gasteiger partial charge in [-0.3, -0.25) is 4.79 Å². The number of hydrogen-bond donors (Lipinski definition) is 1. The second kappa shape index (κ2) is 3.51. The molecule has 0 amide bonds. The van der Waals surface area contributed by atoms with Gasteiger partial charge in [-0.2, -0.15) is 0 Å². The zero-order valence-corrected chi connectivity index (χ0v) is 8.23. The Morgan fingerprint density at radius 2 is 2.38 bits per heavy atom. The van der Waals surface area contributed by atoms with Gasteiger partial charge in [0, 0.05) is 19.5 Å². The molecule has 1 saturated heterocycles.